The number of amides is 2. The molecule has 0 aromatic heterocycles. The third-order valence-electron chi connectivity index (χ3n) is 4.71. The van der Waals surface area contributed by atoms with Crippen LogP contribution in [0.15, 0.2) is 71.2 Å². The fourth-order valence-electron chi connectivity index (χ4n) is 2.98. The Morgan fingerprint density at radius 1 is 0.938 bits per heavy atom. The Morgan fingerprint density at radius 3 is 2.28 bits per heavy atom. The first-order valence-corrected chi connectivity index (χ1v) is 10.7. The molecule has 0 aliphatic heterocycles. The summed E-state index contributed by atoms with van der Waals surface area (Å²) < 4.78 is 12.3. The van der Waals surface area contributed by atoms with Gasteiger partial charge in [0.05, 0.1) is 7.11 Å². The number of aryl methyl sites for hydroxylation is 1. The Kier molecular flexibility index (Phi) is 8.24. The summed E-state index contributed by atoms with van der Waals surface area (Å²) in [4.78, 5) is 23.6. The van der Waals surface area contributed by atoms with Crippen LogP contribution < -0.4 is 20.3 Å². The van der Waals surface area contributed by atoms with Gasteiger partial charge in [-0.25, -0.2) is 5.48 Å². The van der Waals surface area contributed by atoms with Crippen molar-refractivity contribution >= 4 is 33.4 Å². The van der Waals surface area contributed by atoms with Crippen LogP contribution in [0, 0.1) is 0 Å². The molecule has 8 heteroatoms. The number of methoxy groups -OCH3 is 1. The van der Waals surface area contributed by atoms with E-state index >= 15 is 0 Å². The van der Waals surface area contributed by atoms with E-state index in [1.54, 1.807) is 24.7 Å². The maximum Gasteiger partial charge on any atom is 0.274 e. The monoisotopic (exact) mass is 498 g/mol. The minimum absolute atomic E-state index is 0.154. The van der Waals surface area contributed by atoms with Crippen molar-refractivity contribution in [2.24, 2.45) is 0 Å². The number of hydrogen-bond acceptors (Lipinski definition) is 5. The van der Waals surface area contributed by atoms with E-state index in [0.717, 1.165) is 15.6 Å². The Hall–Kier alpha value is -3.36. The fraction of sp³-hybridized carbons (Fsp3) is 0.167. The topological polar surface area (TPSA) is 96.9 Å². The van der Waals surface area contributed by atoms with Crippen LogP contribution in [-0.4, -0.2) is 24.1 Å². The van der Waals surface area contributed by atoms with Crippen molar-refractivity contribution in [2.75, 3.05) is 12.4 Å². The number of halogens is 1. The average molecular weight is 499 g/mol. The van der Waals surface area contributed by atoms with Gasteiger partial charge in [-0.05, 0) is 66.1 Å². The highest BCUT2D eigenvalue weighted by molar-refractivity contribution is 9.10. The number of rotatable bonds is 9. The fourth-order valence-corrected chi connectivity index (χ4v) is 3.24. The van der Waals surface area contributed by atoms with Gasteiger partial charge in [0.2, 0.25) is 5.91 Å². The molecular weight excluding hydrogens is 476 g/mol. The van der Waals surface area contributed by atoms with Gasteiger partial charge in [0.1, 0.15) is 6.61 Å². The van der Waals surface area contributed by atoms with Crippen molar-refractivity contribution < 1.29 is 24.3 Å². The quantitative estimate of drug-likeness (QED) is 0.292. The molecule has 0 fully saturated rings. The van der Waals surface area contributed by atoms with Crippen LogP contribution in [0.2, 0.25) is 0 Å². The molecule has 32 heavy (non-hydrogen) atoms. The van der Waals surface area contributed by atoms with E-state index in [2.05, 4.69) is 21.2 Å². The number of benzene rings is 3. The van der Waals surface area contributed by atoms with Crippen LogP contribution in [0.4, 0.5) is 5.69 Å². The van der Waals surface area contributed by atoms with Crippen molar-refractivity contribution in [2.45, 2.75) is 19.4 Å². The predicted molar refractivity (Wildman–Crippen MR) is 124 cm³/mol. The lowest BCUT2D eigenvalue weighted by Crippen LogP contribution is -2.18. The Bertz CT molecular complexity index is 1070. The molecule has 0 spiro atoms. The van der Waals surface area contributed by atoms with E-state index in [1.807, 2.05) is 42.5 Å². The van der Waals surface area contributed by atoms with Crippen molar-refractivity contribution in [1.82, 2.24) is 5.48 Å². The lowest BCUT2D eigenvalue weighted by atomic mass is 10.1. The first-order chi connectivity index (χ1) is 15.5. The zero-order chi connectivity index (χ0) is 22.9. The minimum Gasteiger partial charge on any atom is -0.493 e. The van der Waals surface area contributed by atoms with E-state index in [4.69, 9.17) is 14.7 Å². The summed E-state index contributed by atoms with van der Waals surface area (Å²) in [6.45, 7) is 0.421. The zero-order valence-electron chi connectivity index (χ0n) is 17.4. The highest BCUT2D eigenvalue weighted by Gasteiger charge is 2.09. The second kappa shape index (κ2) is 11.3. The third-order valence-corrected chi connectivity index (χ3v) is 5.24. The van der Waals surface area contributed by atoms with Gasteiger partial charge in [0.15, 0.2) is 11.5 Å². The maximum atomic E-state index is 12.3. The van der Waals surface area contributed by atoms with Gasteiger partial charge in [-0.15, -0.1) is 0 Å². The lowest BCUT2D eigenvalue weighted by Gasteiger charge is -2.12. The molecule has 0 aliphatic rings. The smallest absolute Gasteiger partial charge is 0.274 e. The Morgan fingerprint density at radius 2 is 1.62 bits per heavy atom. The van der Waals surface area contributed by atoms with Gasteiger partial charge in [0.25, 0.3) is 5.91 Å². The molecule has 3 N–H and O–H groups in total. The third kappa shape index (κ3) is 6.57. The highest BCUT2D eigenvalue weighted by Crippen LogP contribution is 2.29. The van der Waals surface area contributed by atoms with E-state index in [0.29, 0.717) is 35.8 Å². The first kappa shape index (κ1) is 23.3. The van der Waals surface area contributed by atoms with E-state index < -0.39 is 5.91 Å². The van der Waals surface area contributed by atoms with Crippen LogP contribution in [0.3, 0.4) is 0 Å². The molecule has 3 rings (SSSR count). The van der Waals surface area contributed by atoms with E-state index in [1.165, 1.54) is 12.1 Å². The van der Waals surface area contributed by atoms with Crippen molar-refractivity contribution in [3.05, 3.63) is 87.9 Å². The highest BCUT2D eigenvalue weighted by atomic mass is 79.9. The molecule has 0 heterocycles. The van der Waals surface area contributed by atoms with E-state index in [9.17, 15) is 9.59 Å². The van der Waals surface area contributed by atoms with Crippen LogP contribution in [-0.2, 0) is 17.8 Å². The molecule has 0 unspecified atom stereocenters. The SMILES string of the molecule is COc1cc(CCC(=O)Nc2ccc(C(=O)NO)cc2)ccc1OCc1ccc(Br)cc1. The molecule has 0 saturated carbocycles. The summed E-state index contributed by atoms with van der Waals surface area (Å²) in [5.41, 5.74) is 4.41. The molecular formula is C24H23BrN2O5. The molecule has 0 atom stereocenters. The van der Waals surface area contributed by atoms with Crippen molar-refractivity contribution in [3.63, 3.8) is 0 Å². The number of hydroxylamine groups is 1. The molecule has 7 nitrogen and oxygen atoms in total. The molecule has 0 aliphatic carbocycles. The normalized spacial score (nSPS) is 10.3. The van der Waals surface area contributed by atoms with Gasteiger partial charge in [0, 0.05) is 22.1 Å². The largest absolute Gasteiger partial charge is 0.493 e. The van der Waals surface area contributed by atoms with Crippen LogP contribution in [0.5, 0.6) is 11.5 Å². The Balaban J connectivity index is 1.53. The molecule has 3 aromatic carbocycles. The second-order valence-corrected chi connectivity index (χ2v) is 7.88. The molecule has 0 radical (unpaired) electrons. The summed E-state index contributed by atoms with van der Waals surface area (Å²) in [5, 5.41) is 11.4. The van der Waals surface area contributed by atoms with Crippen LogP contribution >= 0.6 is 15.9 Å². The maximum absolute atomic E-state index is 12.3. The van der Waals surface area contributed by atoms with Gasteiger partial charge >= 0.3 is 0 Å². The number of carbonyl (C=O) groups is 2. The molecule has 166 valence electrons. The molecule has 2 amide bonds. The summed E-state index contributed by atoms with van der Waals surface area (Å²) >= 11 is 3.41. The average Bonchev–Trinajstić information content (AvgIpc) is 2.82. The molecule has 0 bridgehead atoms. The first-order valence-electron chi connectivity index (χ1n) is 9.87. The van der Waals surface area contributed by atoms with Gasteiger partial charge in [-0.1, -0.05) is 34.1 Å². The van der Waals surface area contributed by atoms with Crippen LogP contribution in [0.1, 0.15) is 27.9 Å². The summed E-state index contributed by atoms with van der Waals surface area (Å²) in [6.07, 6.45) is 0.807. The number of nitrogens with one attached hydrogen (secondary N) is 2. The van der Waals surface area contributed by atoms with Crippen molar-refractivity contribution in [1.29, 1.82) is 0 Å². The standard InChI is InChI=1S/C24H23BrN2O5/c1-31-22-14-16(4-12-21(22)32-15-17-2-8-19(25)9-3-17)5-13-23(28)26-20-10-6-18(7-11-20)24(29)27-30/h2-4,6-12,14,30H,5,13,15H2,1H3,(H,26,28)(H,27,29). The number of hydrogen-bond donors (Lipinski definition) is 3. The Labute approximate surface area is 194 Å². The number of ether oxygens (including phenoxy) is 2. The summed E-state index contributed by atoms with van der Waals surface area (Å²) in [7, 11) is 1.58. The number of carbonyl (C=O) groups excluding carboxylic acids is 2. The number of anilines is 1. The lowest BCUT2D eigenvalue weighted by molar-refractivity contribution is -0.116. The van der Waals surface area contributed by atoms with Crippen molar-refractivity contribution in [3.8, 4) is 11.5 Å². The zero-order valence-corrected chi connectivity index (χ0v) is 19.0. The molecule has 0 saturated heterocycles. The minimum atomic E-state index is -0.610. The second-order valence-electron chi connectivity index (χ2n) is 6.97. The summed E-state index contributed by atoms with van der Waals surface area (Å²) in [6, 6.07) is 19.7. The van der Waals surface area contributed by atoms with Gasteiger partial charge < -0.3 is 14.8 Å². The molecule has 3 aromatic rings. The van der Waals surface area contributed by atoms with Crippen LogP contribution in [0.25, 0.3) is 0 Å². The predicted octanol–water partition coefficient (Wildman–Crippen LogP) is 4.73. The summed E-state index contributed by atoms with van der Waals surface area (Å²) in [5.74, 6) is 0.480. The van der Waals surface area contributed by atoms with Gasteiger partial charge in [-0.3, -0.25) is 14.8 Å². The van der Waals surface area contributed by atoms with E-state index in [-0.39, 0.29) is 12.3 Å². The van der Waals surface area contributed by atoms with Gasteiger partial charge in [-0.2, -0.15) is 0 Å².